The largest absolute Gasteiger partial charge is 0.497 e. The summed E-state index contributed by atoms with van der Waals surface area (Å²) >= 11 is 0. The van der Waals surface area contributed by atoms with Crippen molar-refractivity contribution in [3.8, 4) is 5.75 Å². The van der Waals surface area contributed by atoms with Crippen molar-refractivity contribution in [2.75, 3.05) is 33.3 Å². The van der Waals surface area contributed by atoms with Crippen molar-refractivity contribution in [2.45, 2.75) is 52.0 Å². The summed E-state index contributed by atoms with van der Waals surface area (Å²) in [5, 5.41) is 0. The number of H-pyrrole nitrogens is 1. The lowest BCUT2D eigenvalue weighted by Gasteiger charge is -2.51. The van der Waals surface area contributed by atoms with Crippen molar-refractivity contribution in [2.24, 2.45) is 5.92 Å². The third kappa shape index (κ3) is 4.18. The first-order valence-corrected chi connectivity index (χ1v) is 12.9. The number of fused-ring (bicyclic) bond motifs is 2. The van der Waals surface area contributed by atoms with Crippen LogP contribution >= 0.6 is 0 Å². The summed E-state index contributed by atoms with van der Waals surface area (Å²) in [6.07, 6.45) is 4.70. The van der Waals surface area contributed by atoms with Crippen LogP contribution in [0.15, 0.2) is 47.1 Å². The van der Waals surface area contributed by atoms with Crippen LogP contribution < -0.4 is 4.74 Å². The molecule has 0 saturated carbocycles. The van der Waals surface area contributed by atoms with Gasteiger partial charge in [0.05, 0.1) is 19.9 Å². The Morgan fingerprint density at radius 2 is 2.09 bits per heavy atom. The summed E-state index contributed by atoms with van der Waals surface area (Å²) < 4.78 is 11.3. The number of rotatable bonds is 7. The van der Waals surface area contributed by atoms with Crippen LogP contribution in [0, 0.1) is 12.8 Å². The lowest BCUT2D eigenvalue weighted by atomic mass is 9.58. The van der Waals surface area contributed by atoms with Crippen molar-refractivity contribution >= 4 is 5.91 Å². The fourth-order valence-corrected chi connectivity index (χ4v) is 6.38. The highest BCUT2D eigenvalue weighted by molar-refractivity contribution is 5.94. The predicted octanol–water partition coefficient (Wildman–Crippen LogP) is 4.97. The first kappa shape index (κ1) is 23.7. The number of ether oxygens (including phenoxy) is 1. The summed E-state index contributed by atoms with van der Waals surface area (Å²) in [5.41, 5.74) is 5.81. The minimum Gasteiger partial charge on any atom is -0.497 e. The fourth-order valence-electron chi connectivity index (χ4n) is 6.38. The molecule has 3 heterocycles. The number of methoxy groups -OCH3 is 1. The standard InChI is InChI=1S/C29H37N3O3/c1-5-32(6-2)28(33)27-20(3)25-16-22-18-31(19-24-11-8-14-35-24)13-12-29(22,17-26(25)30-27)21-9-7-10-23(15-21)34-4/h7-11,14-15,22,30H,5-6,12-13,16-19H2,1-4H3/t22-,29+/m0/s1. The molecule has 2 aliphatic rings. The van der Waals surface area contributed by atoms with Crippen LogP contribution in [0.25, 0.3) is 0 Å². The van der Waals surface area contributed by atoms with Crippen LogP contribution in [0.4, 0.5) is 0 Å². The molecule has 1 saturated heterocycles. The number of nitrogens with one attached hydrogen (secondary N) is 1. The first-order chi connectivity index (χ1) is 17.0. The van der Waals surface area contributed by atoms with Gasteiger partial charge in [-0.05, 0) is 93.5 Å². The maximum absolute atomic E-state index is 13.3. The van der Waals surface area contributed by atoms with Gasteiger partial charge in [-0.15, -0.1) is 0 Å². The van der Waals surface area contributed by atoms with Crippen molar-refractivity contribution in [1.82, 2.24) is 14.8 Å². The Morgan fingerprint density at radius 1 is 1.26 bits per heavy atom. The predicted molar refractivity (Wildman–Crippen MR) is 137 cm³/mol. The number of hydrogen-bond donors (Lipinski definition) is 1. The summed E-state index contributed by atoms with van der Waals surface area (Å²) in [6, 6.07) is 12.6. The topological polar surface area (TPSA) is 61.7 Å². The molecule has 1 aromatic carbocycles. The van der Waals surface area contributed by atoms with Crippen molar-refractivity contribution in [1.29, 1.82) is 0 Å². The van der Waals surface area contributed by atoms with Crippen LogP contribution in [-0.4, -0.2) is 54.0 Å². The zero-order chi connectivity index (χ0) is 24.6. The zero-order valence-electron chi connectivity index (χ0n) is 21.4. The average Bonchev–Trinajstić information content (AvgIpc) is 3.51. The zero-order valence-corrected chi connectivity index (χ0v) is 21.4. The van der Waals surface area contributed by atoms with Gasteiger partial charge in [-0.25, -0.2) is 0 Å². The Bertz CT molecular complexity index is 1180. The Balaban J connectivity index is 1.53. The van der Waals surface area contributed by atoms with E-state index in [1.165, 1.54) is 16.8 Å². The molecule has 5 rings (SSSR count). The molecule has 1 N–H and O–H groups in total. The Kier molecular flexibility index (Phi) is 6.49. The number of benzene rings is 1. The SMILES string of the molecule is CCN(CC)C(=O)c1[nH]c2c(c1C)C[C@H]1CN(Cc3ccco3)CC[C@]1(c1cccc(OC)c1)C2. The van der Waals surface area contributed by atoms with Crippen molar-refractivity contribution in [3.05, 3.63) is 76.5 Å². The number of amides is 1. The van der Waals surface area contributed by atoms with E-state index in [2.05, 4.69) is 41.1 Å². The number of carbonyl (C=O) groups is 1. The molecule has 1 amide bonds. The lowest BCUT2D eigenvalue weighted by molar-refractivity contribution is 0.0715. The van der Waals surface area contributed by atoms with E-state index >= 15 is 0 Å². The molecule has 3 aromatic rings. The quantitative estimate of drug-likeness (QED) is 0.524. The third-order valence-electron chi connectivity index (χ3n) is 8.41. The number of aromatic nitrogens is 1. The van der Waals surface area contributed by atoms with Crippen molar-refractivity contribution in [3.63, 3.8) is 0 Å². The molecule has 6 heteroatoms. The Hall–Kier alpha value is -2.99. The first-order valence-electron chi connectivity index (χ1n) is 12.9. The van der Waals surface area contributed by atoms with E-state index in [1.807, 2.05) is 30.9 Å². The Labute approximate surface area is 208 Å². The molecular weight excluding hydrogens is 438 g/mol. The van der Waals surface area contributed by atoms with Crippen LogP contribution in [0.1, 0.15) is 58.9 Å². The molecule has 0 bridgehead atoms. The van der Waals surface area contributed by atoms with Gasteiger partial charge in [-0.2, -0.15) is 0 Å². The molecule has 0 radical (unpaired) electrons. The van der Waals surface area contributed by atoms with Gasteiger partial charge >= 0.3 is 0 Å². The second kappa shape index (κ2) is 9.57. The summed E-state index contributed by atoms with van der Waals surface area (Å²) in [4.78, 5) is 21.3. The van der Waals surface area contributed by atoms with Gasteiger partial charge in [0.25, 0.3) is 5.91 Å². The summed E-state index contributed by atoms with van der Waals surface area (Å²) in [7, 11) is 1.73. The number of nitrogens with zero attached hydrogens (tertiary/aromatic N) is 2. The van der Waals surface area contributed by atoms with Crippen LogP contribution in [-0.2, 0) is 24.8 Å². The molecule has 0 spiro atoms. The molecule has 0 unspecified atom stereocenters. The minimum absolute atomic E-state index is 0.00795. The molecule has 2 aromatic heterocycles. The maximum atomic E-state index is 13.3. The number of furan rings is 1. The molecule has 186 valence electrons. The molecular formula is C29H37N3O3. The summed E-state index contributed by atoms with van der Waals surface area (Å²) in [6.45, 7) is 10.5. The maximum Gasteiger partial charge on any atom is 0.270 e. The van der Waals surface area contributed by atoms with Gasteiger partial charge in [0.15, 0.2) is 0 Å². The third-order valence-corrected chi connectivity index (χ3v) is 8.41. The number of piperidine rings is 1. The highest BCUT2D eigenvalue weighted by Crippen LogP contribution is 2.49. The highest BCUT2D eigenvalue weighted by atomic mass is 16.5. The second-order valence-electron chi connectivity index (χ2n) is 10.1. The smallest absolute Gasteiger partial charge is 0.270 e. The molecule has 1 aliphatic heterocycles. The number of hydrogen-bond acceptors (Lipinski definition) is 4. The number of likely N-dealkylation sites (tertiary alicyclic amines) is 1. The van der Waals surface area contributed by atoms with Gasteiger partial charge in [-0.1, -0.05) is 12.1 Å². The van der Waals surface area contributed by atoms with Crippen molar-refractivity contribution < 1.29 is 13.9 Å². The van der Waals surface area contributed by atoms with E-state index in [9.17, 15) is 4.79 Å². The monoisotopic (exact) mass is 475 g/mol. The van der Waals surface area contributed by atoms with E-state index in [4.69, 9.17) is 9.15 Å². The van der Waals surface area contributed by atoms with Crippen LogP contribution in [0.5, 0.6) is 5.75 Å². The van der Waals surface area contributed by atoms with Gasteiger partial charge in [-0.3, -0.25) is 9.69 Å². The van der Waals surface area contributed by atoms with E-state index in [-0.39, 0.29) is 11.3 Å². The highest BCUT2D eigenvalue weighted by Gasteiger charge is 2.48. The van der Waals surface area contributed by atoms with Crippen LogP contribution in [0.3, 0.4) is 0 Å². The fraction of sp³-hybridized carbons (Fsp3) is 0.483. The lowest BCUT2D eigenvalue weighted by Crippen LogP contribution is -2.53. The summed E-state index contributed by atoms with van der Waals surface area (Å²) in [5.74, 6) is 2.47. The van der Waals surface area contributed by atoms with Crippen LogP contribution in [0.2, 0.25) is 0 Å². The molecule has 2 atom stereocenters. The molecule has 1 aliphatic carbocycles. The van der Waals surface area contributed by atoms with Gasteiger partial charge in [0.2, 0.25) is 0 Å². The second-order valence-corrected chi connectivity index (χ2v) is 10.1. The van der Waals surface area contributed by atoms with Gasteiger partial charge in [0, 0.05) is 30.7 Å². The van der Waals surface area contributed by atoms with E-state index in [0.717, 1.165) is 74.8 Å². The minimum atomic E-state index is 0.00795. The average molecular weight is 476 g/mol. The number of carbonyl (C=O) groups excluding carboxylic acids is 1. The number of aromatic amines is 1. The van der Waals surface area contributed by atoms with E-state index in [0.29, 0.717) is 5.92 Å². The molecule has 6 nitrogen and oxygen atoms in total. The van der Waals surface area contributed by atoms with E-state index in [1.54, 1.807) is 13.4 Å². The van der Waals surface area contributed by atoms with Gasteiger partial charge in [0.1, 0.15) is 17.2 Å². The normalized spacial score (nSPS) is 21.9. The molecule has 35 heavy (non-hydrogen) atoms. The van der Waals surface area contributed by atoms with E-state index < -0.39 is 0 Å². The molecule has 1 fully saturated rings. The Morgan fingerprint density at radius 3 is 2.80 bits per heavy atom. The van der Waals surface area contributed by atoms with Gasteiger partial charge < -0.3 is 19.0 Å².